The van der Waals surface area contributed by atoms with Crippen molar-refractivity contribution in [1.82, 2.24) is 15.6 Å². The van der Waals surface area contributed by atoms with Gasteiger partial charge in [-0.15, -0.1) is 0 Å². The van der Waals surface area contributed by atoms with Crippen molar-refractivity contribution in [2.24, 2.45) is 39.7 Å². The second-order valence-electron chi connectivity index (χ2n) is 14.2. The lowest BCUT2D eigenvalue weighted by Crippen LogP contribution is -2.54. The number of carboxylic acids is 1. The smallest absolute Gasteiger partial charge is 0.326 e. The van der Waals surface area contributed by atoms with E-state index < -0.39 is 23.8 Å². The number of aromatic amines is 1. The summed E-state index contributed by atoms with van der Waals surface area (Å²) in [5.74, 6) is 0.383. The van der Waals surface area contributed by atoms with Crippen LogP contribution in [0.4, 0.5) is 0 Å². The number of aliphatic carboxylic acids is 1. The fourth-order valence-corrected chi connectivity index (χ4v) is 9.49. The van der Waals surface area contributed by atoms with E-state index in [1.54, 1.807) is 6.20 Å². The summed E-state index contributed by atoms with van der Waals surface area (Å²) in [7, 11) is 0. The van der Waals surface area contributed by atoms with E-state index in [4.69, 9.17) is 4.84 Å². The third-order valence-electron chi connectivity index (χ3n) is 12.0. The van der Waals surface area contributed by atoms with Crippen LogP contribution in [-0.2, 0) is 25.6 Å². The molecule has 0 saturated heterocycles. The van der Waals surface area contributed by atoms with Gasteiger partial charge in [0.25, 0.3) is 5.91 Å². The van der Waals surface area contributed by atoms with E-state index in [9.17, 15) is 24.6 Å². The molecule has 10 heteroatoms. The molecular weight excluding hydrogens is 560 g/mol. The van der Waals surface area contributed by atoms with Crippen molar-refractivity contribution in [3.05, 3.63) is 36.0 Å². The zero-order valence-electron chi connectivity index (χ0n) is 25.8. The number of benzene rings is 1. The summed E-state index contributed by atoms with van der Waals surface area (Å²) in [5, 5.41) is 30.6. The first kappa shape index (κ1) is 30.6. The van der Waals surface area contributed by atoms with E-state index >= 15 is 0 Å². The Morgan fingerprint density at radius 1 is 1.05 bits per heavy atom. The van der Waals surface area contributed by atoms with Crippen LogP contribution in [0.2, 0.25) is 0 Å². The van der Waals surface area contributed by atoms with E-state index in [2.05, 4.69) is 34.6 Å². The lowest BCUT2D eigenvalue weighted by Gasteiger charge is -2.60. The highest BCUT2D eigenvalue weighted by Gasteiger charge is 2.59. The Hall–Kier alpha value is -3.40. The van der Waals surface area contributed by atoms with Crippen molar-refractivity contribution in [2.45, 2.75) is 90.2 Å². The quantitative estimate of drug-likeness (QED) is 0.270. The molecule has 0 aliphatic heterocycles. The summed E-state index contributed by atoms with van der Waals surface area (Å²) in [6.45, 7) is 4.15. The zero-order chi connectivity index (χ0) is 31.1. The molecule has 2 aromatic rings. The topological polar surface area (TPSA) is 153 Å². The average Bonchev–Trinajstić information content (AvgIpc) is 3.55. The Morgan fingerprint density at radius 3 is 2.66 bits per heavy atom. The second-order valence-corrected chi connectivity index (χ2v) is 14.2. The lowest BCUT2D eigenvalue weighted by atomic mass is 9.45. The van der Waals surface area contributed by atoms with Gasteiger partial charge in [-0.05, 0) is 104 Å². The molecule has 238 valence electrons. The maximum Gasteiger partial charge on any atom is 0.326 e. The van der Waals surface area contributed by atoms with Gasteiger partial charge in [-0.25, -0.2) is 4.79 Å². The number of aliphatic hydroxyl groups excluding tert-OH is 1. The summed E-state index contributed by atoms with van der Waals surface area (Å²) in [5.41, 5.74) is 3.05. The molecule has 44 heavy (non-hydrogen) atoms. The van der Waals surface area contributed by atoms with Gasteiger partial charge in [0, 0.05) is 23.5 Å². The van der Waals surface area contributed by atoms with Crippen LogP contribution in [0.15, 0.2) is 35.6 Å². The van der Waals surface area contributed by atoms with Gasteiger partial charge in [0.15, 0.2) is 6.61 Å². The average molecular weight is 607 g/mol. The Kier molecular flexibility index (Phi) is 8.48. The van der Waals surface area contributed by atoms with Crippen molar-refractivity contribution < 1.29 is 29.4 Å². The predicted molar refractivity (Wildman–Crippen MR) is 166 cm³/mol. The monoisotopic (exact) mass is 606 g/mol. The Bertz CT molecular complexity index is 1440. The van der Waals surface area contributed by atoms with E-state index in [1.807, 2.05) is 24.3 Å². The van der Waals surface area contributed by atoms with Crippen LogP contribution in [0.5, 0.6) is 0 Å². The number of carboxylic acid groups (broad SMARTS) is 1. The van der Waals surface area contributed by atoms with Gasteiger partial charge < -0.3 is 30.7 Å². The number of rotatable bonds is 9. The van der Waals surface area contributed by atoms with Gasteiger partial charge in [-0.2, -0.15) is 0 Å². The second kappa shape index (κ2) is 12.2. The Morgan fingerprint density at radius 2 is 1.84 bits per heavy atom. The van der Waals surface area contributed by atoms with E-state index in [0.29, 0.717) is 23.7 Å². The molecule has 0 bridgehead atoms. The summed E-state index contributed by atoms with van der Waals surface area (Å²) >= 11 is 0. The standard InChI is InChI=1S/C34H46N4O6/c1-33-13-11-22(16-21(33)7-8-24-25-9-10-29(39)34(25,2)14-12-26(24)33)38-44-19-31(41)36-18-30(40)37-28(32(42)43)15-20-17-35-27-6-4-3-5-23(20)27/h3-6,17,21,24-26,28-29,35,39H,7-16,18-19H2,1-2H3,(H,36,41)(H,37,40)(H,42,43)/b38-22-/t21-,24+,25+,26+,28-,29-,33+,34+/m1/s1. The number of para-hydroxylation sites is 1. The van der Waals surface area contributed by atoms with Crippen molar-refractivity contribution in [1.29, 1.82) is 0 Å². The lowest BCUT2D eigenvalue weighted by molar-refractivity contribution is -0.141. The fourth-order valence-electron chi connectivity index (χ4n) is 9.49. The molecule has 6 rings (SSSR count). The number of nitrogens with one attached hydrogen (secondary N) is 3. The zero-order valence-corrected chi connectivity index (χ0v) is 25.8. The molecule has 0 radical (unpaired) electrons. The highest BCUT2D eigenvalue weighted by molar-refractivity contribution is 5.89. The molecule has 1 aromatic carbocycles. The number of H-pyrrole nitrogens is 1. The number of hydrogen-bond donors (Lipinski definition) is 5. The molecule has 4 aliphatic rings. The first-order valence-corrected chi connectivity index (χ1v) is 16.3. The maximum atomic E-state index is 12.5. The highest BCUT2D eigenvalue weighted by Crippen LogP contribution is 2.66. The summed E-state index contributed by atoms with van der Waals surface area (Å²) in [4.78, 5) is 45.2. The van der Waals surface area contributed by atoms with Gasteiger partial charge >= 0.3 is 5.97 Å². The SMILES string of the molecule is C[C@]12CC/C(=N/OCC(=O)NCC(=O)N[C@H](Cc3c[nH]c4ccccc34)C(=O)O)C[C@H]1CC[C@@H]1[C@@H]2CC[C@]2(C)[C@H](O)CC[C@@H]12. The van der Waals surface area contributed by atoms with E-state index in [0.717, 1.165) is 60.7 Å². The van der Waals surface area contributed by atoms with Crippen molar-refractivity contribution in [3.63, 3.8) is 0 Å². The predicted octanol–water partition coefficient (Wildman–Crippen LogP) is 4.17. The van der Waals surface area contributed by atoms with Gasteiger partial charge in [0.1, 0.15) is 6.04 Å². The molecule has 5 N–H and O–H groups in total. The van der Waals surface area contributed by atoms with Crippen LogP contribution >= 0.6 is 0 Å². The number of hydrogen-bond acceptors (Lipinski definition) is 6. The van der Waals surface area contributed by atoms with E-state index in [1.165, 1.54) is 19.3 Å². The number of amides is 2. The van der Waals surface area contributed by atoms with Crippen molar-refractivity contribution >= 4 is 34.4 Å². The fraction of sp³-hybridized carbons (Fsp3) is 0.647. The molecule has 1 aromatic heterocycles. The van der Waals surface area contributed by atoms with Crippen LogP contribution in [0.3, 0.4) is 0 Å². The van der Waals surface area contributed by atoms with E-state index in [-0.39, 0.29) is 36.5 Å². The molecule has 0 spiro atoms. The molecular formula is C34H46N4O6. The minimum Gasteiger partial charge on any atom is -0.480 e. The number of nitrogens with zero attached hydrogens (tertiary/aromatic N) is 1. The van der Waals surface area contributed by atoms with Gasteiger partial charge in [0.05, 0.1) is 18.4 Å². The van der Waals surface area contributed by atoms with Crippen LogP contribution < -0.4 is 10.6 Å². The number of carbonyl (C=O) groups excluding carboxylic acids is 2. The van der Waals surface area contributed by atoms with Crippen molar-refractivity contribution in [2.75, 3.05) is 13.2 Å². The first-order valence-electron chi connectivity index (χ1n) is 16.3. The largest absolute Gasteiger partial charge is 0.480 e. The number of aromatic nitrogens is 1. The molecule has 4 fully saturated rings. The Balaban J connectivity index is 0.951. The summed E-state index contributed by atoms with van der Waals surface area (Å²) < 4.78 is 0. The number of fused-ring (bicyclic) bond motifs is 6. The van der Waals surface area contributed by atoms with Crippen LogP contribution in [0.1, 0.15) is 77.2 Å². The maximum absolute atomic E-state index is 12.5. The first-order chi connectivity index (χ1) is 21.1. The highest BCUT2D eigenvalue weighted by atomic mass is 16.6. The van der Waals surface area contributed by atoms with Gasteiger partial charge in [-0.3, -0.25) is 9.59 Å². The Labute approximate surface area is 258 Å². The minimum absolute atomic E-state index is 0.0939. The molecule has 1 heterocycles. The molecule has 10 nitrogen and oxygen atoms in total. The normalized spacial score (nSPS) is 34.4. The van der Waals surface area contributed by atoms with Crippen LogP contribution in [0.25, 0.3) is 10.9 Å². The number of oxime groups is 1. The van der Waals surface area contributed by atoms with Gasteiger partial charge in [-0.1, -0.05) is 37.2 Å². The molecule has 8 atom stereocenters. The van der Waals surface area contributed by atoms with Gasteiger partial charge in [0.2, 0.25) is 5.91 Å². The number of carbonyl (C=O) groups is 3. The molecule has 4 aliphatic carbocycles. The van der Waals surface area contributed by atoms with Crippen LogP contribution in [0, 0.1) is 34.5 Å². The summed E-state index contributed by atoms with van der Waals surface area (Å²) in [6, 6.07) is 6.44. The third-order valence-corrected chi connectivity index (χ3v) is 12.0. The summed E-state index contributed by atoms with van der Waals surface area (Å²) in [6.07, 6.45) is 11.4. The number of aliphatic hydroxyl groups is 1. The van der Waals surface area contributed by atoms with Crippen molar-refractivity contribution in [3.8, 4) is 0 Å². The van der Waals surface area contributed by atoms with Crippen LogP contribution in [-0.4, -0.2) is 64.0 Å². The minimum atomic E-state index is -1.15. The third kappa shape index (κ3) is 5.73. The molecule has 4 saturated carbocycles. The molecule has 2 amide bonds. The molecule has 0 unspecified atom stereocenters.